The van der Waals surface area contributed by atoms with E-state index in [1.165, 1.54) is 16.7 Å². The van der Waals surface area contributed by atoms with Gasteiger partial charge in [-0.3, -0.25) is 0 Å². The number of hydrogen-bond acceptors (Lipinski definition) is 0. The highest BCUT2D eigenvalue weighted by molar-refractivity contribution is 7.92. The summed E-state index contributed by atoms with van der Waals surface area (Å²) < 4.78 is 18.1. The number of hydrogen-bond donors (Lipinski definition) is 0. The third-order valence-electron chi connectivity index (χ3n) is 5.83. The van der Waals surface area contributed by atoms with Gasteiger partial charge in [-0.2, -0.15) is 0 Å². The highest BCUT2D eigenvalue weighted by atomic mass is 31.2. The number of halogens is 1. The van der Waals surface area contributed by atoms with E-state index in [-0.39, 0.29) is 0 Å². The van der Waals surface area contributed by atoms with Crippen LogP contribution in [-0.2, 0) is 0 Å². The van der Waals surface area contributed by atoms with Crippen molar-refractivity contribution in [3.05, 3.63) is 86.5 Å². The second kappa shape index (κ2) is 7.69. The van der Waals surface area contributed by atoms with Gasteiger partial charge < -0.3 is 0 Å². The Balaban J connectivity index is 2.55. The first-order valence-electron chi connectivity index (χ1n) is 10.3. The van der Waals surface area contributed by atoms with Crippen LogP contribution in [0.5, 0.6) is 0 Å². The van der Waals surface area contributed by atoms with Crippen molar-refractivity contribution < 1.29 is 4.20 Å². The molecule has 3 aromatic carbocycles. The van der Waals surface area contributed by atoms with Crippen LogP contribution in [0.2, 0.25) is 0 Å². The van der Waals surface area contributed by atoms with Crippen LogP contribution in [0.1, 0.15) is 50.1 Å². The maximum Gasteiger partial charge on any atom is 0.300 e. The van der Waals surface area contributed by atoms with Crippen LogP contribution >= 0.6 is 7.57 Å². The zero-order chi connectivity index (χ0) is 21.7. The van der Waals surface area contributed by atoms with E-state index in [1.807, 2.05) is 0 Å². The second-order valence-corrected chi connectivity index (χ2v) is 11.4. The van der Waals surface area contributed by atoms with Gasteiger partial charge in [-0.05, 0) is 99.9 Å². The average molecular weight is 408 g/mol. The maximum atomic E-state index is 18.1. The number of benzene rings is 3. The van der Waals surface area contributed by atoms with Crippen LogP contribution < -0.4 is 15.9 Å². The Morgan fingerprint density at radius 1 is 0.414 bits per heavy atom. The van der Waals surface area contributed by atoms with Crippen LogP contribution in [0.15, 0.2) is 36.4 Å². The Morgan fingerprint density at radius 3 is 0.759 bits per heavy atom. The fraction of sp³-hybridized carbons (Fsp3) is 0.333. The predicted octanol–water partition coefficient (Wildman–Crippen LogP) is 6.64. The highest BCUT2D eigenvalue weighted by Gasteiger charge is 2.53. The smallest absolute Gasteiger partial charge is 0.0523 e. The molecule has 0 unspecified atom stereocenters. The van der Waals surface area contributed by atoms with Gasteiger partial charge in [0.15, 0.2) is 0 Å². The molecular formula is C27H33FP+. The van der Waals surface area contributed by atoms with Gasteiger partial charge in [0.25, 0.3) is 0 Å². The first kappa shape index (κ1) is 21.7. The standard InChI is InChI=1S/C27H33FP/c1-16-10-19(4)25(20(5)11-16)29(28,26-21(6)12-17(2)13-22(26)7)27-23(8)14-18(3)15-24(27)9/h10-15H,1-9H3/q+1. The van der Waals surface area contributed by atoms with E-state index in [1.54, 1.807) is 0 Å². The molecule has 29 heavy (non-hydrogen) atoms. The van der Waals surface area contributed by atoms with Gasteiger partial charge in [-0.15, -0.1) is 0 Å². The summed E-state index contributed by atoms with van der Waals surface area (Å²) in [5.41, 5.74) is 9.87. The van der Waals surface area contributed by atoms with Crippen LogP contribution in [0.3, 0.4) is 0 Å². The average Bonchev–Trinajstić information content (AvgIpc) is 2.51. The zero-order valence-corrected chi connectivity index (χ0v) is 20.2. The van der Waals surface area contributed by atoms with Crippen molar-refractivity contribution in [2.24, 2.45) is 0 Å². The fourth-order valence-corrected chi connectivity index (χ4v) is 9.28. The molecular weight excluding hydrogens is 374 g/mol. The van der Waals surface area contributed by atoms with Crippen LogP contribution in [0, 0.1) is 62.3 Å². The highest BCUT2D eigenvalue weighted by Crippen LogP contribution is 2.61. The van der Waals surface area contributed by atoms with Gasteiger partial charge in [0, 0.05) is 0 Å². The molecule has 0 aliphatic carbocycles. The molecule has 0 N–H and O–H groups in total. The van der Waals surface area contributed by atoms with Crippen LogP contribution in [0.25, 0.3) is 0 Å². The molecule has 2 heteroatoms. The first-order chi connectivity index (χ1) is 13.5. The summed E-state index contributed by atoms with van der Waals surface area (Å²) in [4.78, 5) is 0. The minimum Gasteiger partial charge on any atom is -0.0523 e. The Labute approximate surface area is 176 Å². The van der Waals surface area contributed by atoms with Crippen molar-refractivity contribution in [2.45, 2.75) is 62.3 Å². The minimum absolute atomic E-state index is 0.896. The third-order valence-corrected chi connectivity index (χ3v) is 9.80. The SMILES string of the molecule is Cc1cc(C)c([P+](F)(c2c(C)cc(C)cc2C)c2c(C)cc(C)cc2C)c(C)c1. The summed E-state index contributed by atoms with van der Waals surface area (Å²) in [5, 5.41) is 2.69. The second-order valence-electron chi connectivity index (χ2n) is 8.83. The van der Waals surface area contributed by atoms with Crippen molar-refractivity contribution in [2.75, 3.05) is 0 Å². The molecule has 0 saturated heterocycles. The molecule has 3 rings (SSSR count). The first-order valence-corrected chi connectivity index (χ1v) is 12.0. The van der Waals surface area contributed by atoms with Gasteiger partial charge >= 0.3 is 7.57 Å². The lowest BCUT2D eigenvalue weighted by Crippen LogP contribution is -2.36. The van der Waals surface area contributed by atoms with Crippen LogP contribution in [-0.4, -0.2) is 0 Å². The Morgan fingerprint density at radius 2 is 0.586 bits per heavy atom. The van der Waals surface area contributed by atoms with E-state index >= 15 is 4.20 Å². The molecule has 0 aromatic heterocycles. The van der Waals surface area contributed by atoms with Crippen molar-refractivity contribution in [1.29, 1.82) is 0 Å². The summed E-state index contributed by atoms with van der Waals surface area (Å²) in [7, 11) is -3.31. The quantitative estimate of drug-likeness (QED) is 0.427. The van der Waals surface area contributed by atoms with Gasteiger partial charge in [0.2, 0.25) is 0 Å². The molecule has 0 aliphatic heterocycles. The molecule has 0 saturated carbocycles. The van der Waals surface area contributed by atoms with Crippen molar-refractivity contribution in [3.63, 3.8) is 0 Å². The molecule has 0 aliphatic rings. The van der Waals surface area contributed by atoms with Crippen molar-refractivity contribution >= 4 is 23.5 Å². The minimum atomic E-state index is -3.31. The van der Waals surface area contributed by atoms with Gasteiger partial charge in [0.1, 0.15) is 15.9 Å². The van der Waals surface area contributed by atoms with E-state index in [4.69, 9.17) is 0 Å². The Kier molecular flexibility index (Phi) is 5.76. The summed E-state index contributed by atoms with van der Waals surface area (Å²) in [6, 6.07) is 12.8. The largest absolute Gasteiger partial charge is 0.300 e. The molecule has 0 fully saturated rings. The zero-order valence-electron chi connectivity index (χ0n) is 19.3. The maximum absolute atomic E-state index is 18.1. The molecule has 0 heterocycles. The number of aryl methyl sites for hydroxylation is 9. The van der Waals surface area contributed by atoms with Crippen molar-refractivity contribution in [1.82, 2.24) is 0 Å². The van der Waals surface area contributed by atoms with E-state index in [2.05, 4.69) is 98.7 Å². The van der Waals surface area contributed by atoms with E-state index in [0.717, 1.165) is 49.3 Å². The summed E-state index contributed by atoms with van der Waals surface area (Å²) in [6.45, 7) is 18.7. The van der Waals surface area contributed by atoms with Gasteiger partial charge in [-0.1, -0.05) is 53.1 Å². The summed E-state index contributed by atoms with van der Waals surface area (Å²) >= 11 is 0. The topological polar surface area (TPSA) is 0 Å². The molecule has 0 spiro atoms. The Hall–Kier alpha value is -1.98. The summed E-state index contributed by atoms with van der Waals surface area (Å²) in [5.74, 6) is 0. The van der Waals surface area contributed by atoms with Crippen LogP contribution in [0.4, 0.5) is 4.20 Å². The van der Waals surface area contributed by atoms with E-state index in [0.29, 0.717) is 0 Å². The van der Waals surface area contributed by atoms with Gasteiger partial charge in [-0.25, -0.2) is 0 Å². The lowest BCUT2D eigenvalue weighted by Gasteiger charge is -2.26. The molecule has 0 atom stereocenters. The Bertz CT molecular complexity index is 899. The monoisotopic (exact) mass is 407 g/mol. The van der Waals surface area contributed by atoms with Crippen molar-refractivity contribution in [3.8, 4) is 0 Å². The normalized spacial score (nSPS) is 11.8. The van der Waals surface area contributed by atoms with Gasteiger partial charge in [0.05, 0.1) is 0 Å². The lowest BCUT2D eigenvalue weighted by atomic mass is 10.1. The third kappa shape index (κ3) is 3.66. The fourth-order valence-electron chi connectivity index (χ4n) is 5.31. The molecule has 0 nitrogen and oxygen atoms in total. The van der Waals surface area contributed by atoms with E-state index < -0.39 is 7.57 Å². The molecule has 0 radical (unpaired) electrons. The molecule has 0 bridgehead atoms. The molecule has 152 valence electrons. The lowest BCUT2D eigenvalue weighted by molar-refractivity contribution is 0.897. The number of rotatable bonds is 3. The summed E-state index contributed by atoms with van der Waals surface area (Å²) in [6.07, 6.45) is 0. The van der Waals surface area contributed by atoms with E-state index in [9.17, 15) is 0 Å². The molecule has 3 aromatic rings. The molecule has 0 amide bonds. The predicted molar refractivity (Wildman–Crippen MR) is 129 cm³/mol.